The fraction of sp³-hybridized carbons (Fsp3) is 0.433. The van der Waals surface area contributed by atoms with Gasteiger partial charge in [-0.15, -0.1) is 0 Å². The number of aromatic nitrogens is 4. The van der Waals surface area contributed by atoms with Gasteiger partial charge in [-0.05, 0) is 75.1 Å². The highest BCUT2D eigenvalue weighted by molar-refractivity contribution is 7.89. The number of anilines is 4. The summed E-state index contributed by atoms with van der Waals surface area (Å²) < 4.78 is 69.6. The van der Waals surface area contributed by atoms with Crippen molar-refractivity contribution in [3.05, 3.63) is 60.4 Å². The quantitative estimate of drug-likeness (QED) is 0.247. The Balaban J connectivity index is 1.15. The fourth-order valence-corrected chi connectivity index (χ4v) is 7.21. The van der Waals surface area contributed by atoms with Crippen LogP contribution < -0.4 is 15.5 Å². The molecule has 0 bridgehead atoms. The molecule has 1 saturated heterocycles. The molecule has 0 unspecified atom stereocenters. The SMILES string of the molecule is CCn1cnc2c(Nc3ccc(S(=O)(=O)N4CCN(c5cccc(C(F)(F)F)c5)CC4)cc3)nc(N[C@H]3CC[C@H](O)CC3)nc21. The Hall–Kier alpha value is -3.95. The third-order valence-electron chi connectivity index (χ3n) is 8.37. The Labute approximate surface area is 259 Å². The van der Waals surface area contributed by atoms with Crippen molar-refractivity contribution in [3.8, 4) is 0 Å². The first-order chi connectivity index (χ1) is 21.5. The number of nitrogens with one attached hydrogen (secondary N) is 2. The van der Waals surface area contributed by atoms with Crippen LogP contribution in [0.1, 0.15) is 38.2 Å². The van der Waals surface area contributed by atoms with Crippen LogP contribution in [0.3, 0.4) is 0 Å². The number of aryl methyl sites for hydroxylation is 1. The zero-order valence-electron chi connectivity index (χ0n) is 24.7. The first-order valence-electron chi connectivity index (χ1n) is 15.0. The van der Waals surface area contributed by atoms with Gasteiger partial charge in [0.1, 0.15) is 0 Å². The van der Waals surface area contributed by atoms with Crippen LogP contribution in [0.5, 0.6) is 0 Å². The second-order valence-electron chi connectivity index (χ2n) is 11.3. The third kappa shape index (κ3) is 6.70. The Bertz CT molecular complexity index is 1750. The number of alkyl halides is 3. The molecule has 6 rings (SSSR count). The largest absolute Gasteiger partial charge is 0.416 e. The minimum absolute atomic E-state index is 0.116. The molecule has 0 atom stereocenters. The molecular weight excluding hydrogens is 609 g/mol. The molecule has 11 nitrogen and oxygen atoms in total. The summed E-state index contributed by atoms with van der Waals surface area (Å²) in [6.07, 6.45) is 0.0537. The number of aliphatic hydroxyl groups is 1. The first kappa shape index (κ1) is 31.0. The molecule has 1 aliphatic heterocycles. The van der Waals surface area contributed by atoms with Crippen LogP contribution in [0.2, 0.25) is 0 Å². The van der Waals surface area contributed by atoms with Crippen LogP contribution >= 0.6 is 0 Å². The minimum Gasteiger partial charge on any atom is -0.393 e. The van der Waals surface area contributed by atoms with Crippen molar-refractivity contribution in [2.24, 2.45) is 0 Å². The van der Waals surface area contributed by atoms with E-state index in [1.165, 1.54) is 22.5 Å². The monoisotopic (exact) mass is 644 g/mol. The maximum Gasteiger partial charge on any atom is 0.416 e. The number of hydrogen-bond donors (Lipinski definition) is 3. The van der Waals surface area contributed by atoms with E-state index in [-0.39, 0.29) is 43.2 Å². The number of sulfonamides is 1. The van der Waals surface area contributed by atoms with E-state index < -0.39 is 21.8 Å². The summed E-state index contributed by atoms with van der Waals surface area (Å²) in [6, 6.07) is 11.6. The summed E-state index contributed by atoms with van der Waals surface area (Å²) in [5, 5.41) is 16.5. The van der Waals surface area contributed by atoms with Crippen molar-refractivity contribution in [2.75, 3.05) is 41.7 Å². The number of hydrogen-bond acceptors (Lipinski definition) is 9. The number of halogens is 3. The van der Waals surface area contributed by atoms with Crippen LogP contribution in [0, 0.1) is 0 Å². The summed E-state index contributed by atoms with van der Waals surface area (Å²) in [5.74, 6) is 0.928. The highest BCUT2D eigenvalue weighted by atomic mass is 32.2. The molecule has 2 aromatic heterocycles. The van der Waals surface area contributed by atoms with Gasteiger partial charge in [0.15, 0.2) is 17.0 Å². The molecule has 2 fully saturated rings. The van der Waals surface area contributed by atoms with E-state index in [0.717, 1.165) is 37.8 Å². The van der Waals surface area contributed by atoms with Gasteiger partial charge >= 0.3 is 6.18 Å². The van der Waals surface area contributed by atoms with Crippen molar-refractivity contribution in [1.82, 2.24) is 23.8 Å². The highest BCUT2D eigenvalue weighted by Crippen LogP contribution is 2.33. The van der Waals surface area contributed by atoms with Gasteiger partial charge < -0.3 is 25.2 Å². The number of nitrogens with zero attached hydrogens (tertiary/aromatic N) is 6. The smallest absolute Gasteiger partial charge is 0.393 e. The van der Waals surface area contributed by atoms with E-state index in [4.69, 9.17) is 4.98 Å². The predicted molar refractivity (Wildman–Crippen MR) is 165 cm³/mol. The Morgan fingerprint density at radius 2 is 1.69 bits per heavy atom. The van der Waals surface area contributed by atoms with Gasteiger partial charge in [0.25, 0.3) is 0 Å². The maximum absolute atomic E-state index is 13.4. The van der Waals surface area contributed by atoms with Gasteiger partial charge in [0.05, 0.1) is 22.9 Å². The lowest BCUT2D eigenvalue weighted by Gasteiger charge is -2.35. The van der Waals surface area contributed by atoms with E-state index in [1.54, 1.807) is 29.4 Å². The number of aliphatic hydroxyl groups excluding tert-OH is 1. The number of rotatable bonds is 8. The molecule has 0 radical (unpaired) electrons. The van der Waals surface area contributed by atoms with Gasteiger partial charge in [-0.1, -0.05) is 6.07 Å². The molecule has 0 spiro atoms. The minimum atomic E-state index is -4.45. The Morgan fingerprint density at radius 3 is 2.36 bits per heavy atom. The van der Waals surface area contributed by atoms with E-state index in [0.29, 0.717) is 40.8 Å². The average molecular weight is 645 g/mol. The zero-order valence-corrected chi connectivity index (χ0v) is 25.5. The van der Waals surface area contributed by atoms with Crippen molar-refractivity contribution in [1.29, 1.82) is 0 Å². The predicted octanol–water partition coefficient (Wildman–Crippen LogP) is 4.83. The van der Waals surface area contributed by atoms with Crippen LogP contribution in [0.15, 0.2) is 59.8 Å². The standard InChI is InChI=1S/C30H35F3N8O3S/c1-2-39-19-34-26-27(37-29(38-28(26)39)36-22-6-10-24(42)11-7-22)35-21-8-12-25(13-9-21)45(43,44)41-16-14-40(15-17-41)23-5-3-4-20(18-23)30(31,32)33/h3-5,8-9,12-13,18-19,22,24,42H,2,6-7,10-11,14-17H2,1H3,(H2,35,36,37,38)/t22-,24-. The molecule has 3 N–H and O–H groups in total. The summed E-state index contributed by atoms with van der Waals surface area (Å²) in [6.45, 7) is 3.50. The number of imidazole rings is 1. The van der Waals surface area contributed by atoms with Crippen LogP contribution in [-0.2, 0) is 22.7 Å². The van der Waals surface area contributed by atoms with Crippen molar-refractivity contribution in [3.63, 3.8) is 0 Å². The lowest BCUT2D eigenvalue weighted by Crippen LogP contribution is -2.48. The van der Waals surface area contributed by atoms with Gasteiger partial charge in [-0.25, -0.2) is 13.4 Å². The van der Waals surface area contributed by atoms with Gasteiger partial charge in [-0.2, -0.15) is 27.4 Å². The van der Waals surface area contributed by atoms with Gasteiger partial charge in [0.2, 0.25) is 16.0 Å². The lowest BCUT2D eigenvalue weighted by molar-refractivity contribution is -0.137. The molecule has 1 aliphatic carbocycles. The normalized spacial score (nSPS) is 20.0. The first-order valence-corrected chi connectivity index (χ1v) is 16.4. The van der Waals surface area contributed by atoms with E-state index in [9.17, 15) is 26.7 Å². The molecule has 3 heterocycles. The Morgan fingerprint density at radius 1 is 0.978 bits per heavy atom. The molecule has 2 aliphatic rings. The summed E-state index contributed by atoms with van der Waals surface area (Å²) >= 11 is 0. The summed E-state index contributed by atoms with van der Waals surface area (Å²) in [5.41, 5.74) is 1.54. The van der Waals surface area contributed by atoms with E-state index >= 15 is 0 Å². The molecule has 1 saturated carbocycles. The summed E-state index contributed by atoms with van der Waals surface area (Å²) in [4.78, 5) is 15.8. The van der Waals surface area contributed by atoms with Crippen molar-refractivity contribution in [2.45, 2.75) is 62.4 Å². The van der Waals surface area contributed by atoms with Crippen molar-refractivity contribution < 1.29 is 26.7 Å². The molecule has 4 aromatic rings. The molecule has 2 aromatic carbocycles. The molecule has 0 amide bonds. The fourth-order valence-electron chi connectivity index (χ4n) is 5.79. The highest BCUT2D eigenvalue weighted by Gasteiger charge is 2.32. The van der Waals surface area contributed by atoms with Crippen LogP contribution in [0.25, 0.3) is 11.2 Å². The van der Waals surface area contributed by atoms with Crippen LogP contribution in [-0.4, -0.2) is 75.7 Å². The second-order valence-corrected chi connectivity index (χ2v) is 13.3. The Kier molecular flexibility index (Phi) is 8.59. The third-order valence-corrected chi connectivity index (χ3v) is 10.3. The topological polar surface area (TPSA) is 129 Å². The number of benzene rings is 2. The number of fused-ring (bicyclic) bond motifs is 1. The molecular formula is C30H35F3N8O3S. The maximum atomic E-state index is 13.4. The molecule has 240 valence electrons. The second kappa shape index (κ2) is 12.4. The summed E-state index contributed by atoms with van der Waals surface area (Å²) in [7, 11) is -3.82. The number of piperazine rings is 1. The molecule has 45 heavy (non-hydrogen) atoms. The van der Waals surface area contributed by atoms with Gasteiger partial charge in [0, 0.05) is 50.1 Å². The van der Waals surface area contributed by atoms with E-state index in [1.807, 2.05) is 11.5 Å². The van der Waals surface area contributed by atoms with Crippen LogP contribution in [0.4, 0.5) is 36.3 Å². The van der Waals surface area contributed by atoms with Crippen molar-refractivity contribution >= 4 is 44.3 Å². The lowest BCUT2D eigenvalue weighted by atomic mass is 9.93. The molecule has 15 heteroatoms. The average Bonchev–Trinajstić information content (AvgIpc) is 3.45. The zero-order chi connectivity index (χ0) is 31.8. The van der Waals surface area contributed by atoms with E-state index in [2.05, 4.69) is 20.6 Å². The van der Waals surface area contributed by atoms with Gasteiger partial charge in [-0.3, -0.25) is 0 Å².